The maximum Gasteiger partial charge on any atom is 0.252 e. The molecule has 0 fully saturated rings. The fraction of sp³-hybridized carbons (Fsp3) is 0.188. The number of carbonyl (C=O) groups is 2. The molecule has 0 saturated heterocycles. The first-order valence-corrected chi connectivity index (χ1v) is 6.83. The molecule has 2 rings (SSSR count). The van der Waals surface area contributed by atoms with E-state index in [0.717, 1.165) is 5.56 Å². The number of hydrogen-bond acceptors (Lipinski definition) is 3. The summed E-state index contributed by atoms with van der Waals surface area (Å²) in [6, 6.07) is 12.2. The zero-order chi connectivity index (χ0) is 15.9. The first-order chi connectivity index (χ1) is 10.6. The fourth-order valence-electron chi connectivity index (χ4n) is 1.94. The Morgan fingerprint density at radius 1 is 1.09 bits per heavy atom. The van der Waals surface area contributed by atoms with Crippen LogP contribution in [0.3, 0.4) is 0 Å². The van der Waals surface area contributed by atoms with E-state index >= 15 is 0 Å². The third kappa shape index (κ3) is 4.05. The molecule has 0 spiro atoms. The minimum atomic E-state index is -0.331. The van der Waals surface area contributed by atoms with Gasteiger partial charge in [0.2, 0.25) is 5.91 Å². The number of pyridine rings is 1. The monoisotopic (exact) mass is 299 g/mol. The van der Waals surface area contributed by atoms with Crippen molar-refractivity contribution in [3.63, 3.8) is 0 Å². The normalized spacial score (nSPS) is 10.0. The van der Waals surface area contributed by atoms with Crippen LogP contribution in [0.2, 0.25) is 0 Å². The molecule has 0 aliphatic carbocycles. The Bertz CT molecular complexity index is 723. The molecule has 2 aromatic rings. The Hall–Kier alpha value is -2.89. The minimum Gasteiger partial charge on any atom is -0.355 e. The lowest BCUT2D eigenvalue weighted by Crippen LogP contribution is -2.32. The second-order valence-corrected chi connectivity index (χ2v) is 4.73. The first-order valence-electron chi connectivity index (χ1n) is 6.83. The van der Waals surface area contributed by atoms with E-state index in [0.29, 0.717) is 12.1 Å². The van der Waals surface area contributed by atoms with Gasteiger partial charge in [-0.3, -0.25) is 14.4 Å². The molecule has 0 radical (unpaired) electrons. The lowest BCUT2D eigenvalue weighted by molar-refractivity contribution is -0.121. The maximum atomic E-state index is 11.9. The van der Waals surface area contributed by atoms with Crippen LogP contribution in [0.15, 0.2) is 53.5 Å². The van der Waals surface area contributed by atoms with E-state index < -0.39 is 0 Å². The van der Waals surface area contributed by atoms with Crippen LogP contribution in [0.4, 0.5) is 0 Å². The van der Waals surface area contributed by atoms with Crippen LogP contribution in [-0.4, -0.2) is 23.4 Å². The summed E-state index contributed by atoms with van der Waals surface area (Å²) in [5.74, 6) is -0.599. The van der Waals surface area contributed by atoms with Crippen molar-refractivity contribution < 1.29 is 9.59 Å². The van der Waals surface area contributed by atoms with Crippen molar-refractivity contribution in [2.75, 3.05) is 7.05 Å². The Morgan fingerprint density at radius 3 is 2.50 bits per heavy atom. The second-order valence-electron chi connectivity index (χ2n) is 4.73. The molecule has 0 atom stereocenters. The minimum absolute atomic E-state index is 0.128. The maximum absolute atomic E-state index is 11.9. The van der Waals surface area contributed by atoms with Gasteiger partial charge < -0.3 is 15.2 Å². The summed E-state index contributed by atoms with van der Waals surface area (Å²) < 4.78 is 1.21. The van der Waals surface area contributed by atoms with Crippen molar-refractivity contribution in [1.82, 2.24) is 15.2 Å². The van der Waals surface area contributed by atoms with Gasteiger partial charge in [0, 0.05) is 25.9 Å². The molecule has 2 amide bonds. The van der Waals surface area contributed by atoms with Gasteiger partial charge in [0.15, 0.2) is 0 Å². The molecule has 2 N–H and O–H groups in total. The smallest absolute Gasteiger partial charge is 0.252 e. The molecule has 0 bridgehead atoms. The average molecular weight is 299 g/mol. The van der Waals surface area contributed by atoms with Crippen LogP contribution in [0.5, 0.6) is 0 Å². The Balaban J connectivity index is 2.02. The van der Waals surface area contributed by atoms with E-state index in [4.69, 9.17) is 0 Å². The Labute approximate surface area is 127 Å². The van der Waals surface area contributed by atoms with Gasteiger partial charge in [0.1, 0.15) is 6.54 Å². The Morgan fingerprint density at radius 2 is 1.82 bits per heavy atom. The van der Waals surface area contributed by atoms with Crippen LogP contribution in [0, 0.1) is 0 Å². The van der Waals surface area contributed by atoms with Gasteiger partial charge in [0.05, 0.1) is 5.56 Å². The molecule has 0 aliphatic heterocycles. The quantitative estimate of drug-likeness (QED) is 0.845. The lowest BCUT2D eigenvalue weighted by atomic mass is 10.2. The van der Waals surface area contributed by atoms with Crippen molar-refractivity contribution in [3.05, 3.63) is 70.1 Å². The van der Waals surface area contributed by atoms with Gasteiger partial charge in [0.25, 0.3) is 11.5 Å². The van der Waals surface area contributed by atoms with Crippen LogP contribution in [-0.2, 0) is 17.9 Å². The molecular weight excluding hydrogens is 282 g/mol. The van der Waals surface area contributed by atoms with E-state index in [1.807, 2.05) is 30.3 Å². The van der Waals surface area contributed by atoms with Gasteiger partial charge >= 0.3 is 0 Å². The van der Waals surface area contributed by atoms with Gasteiger partial charge in [-0.15, -0.1) is 0 Å². The highest BCUT2D eigenvalue weighted by molar-refractivity contribution is 5.93. The number of nitrogens with zero attached hydrogens (tertiary/aromatic N) is 1. The predicted molar refractivity (Wildman–Crippen MR) is 82.4 cm³/mol. The van der Waals surface area contributed by atoms with E-state index in [1.165, 1.54) is 29.9 Å². The zero-order valence-electron chi connectivity index (χ0n) is 12.2. The van der Waals surface area contributed by atoms with Crippen LogP contribution >= 0.6 is 0 Å². The van der Waals surface area contributed by atoms with Gasteiger partial charge in [-0.2, -0.15) is 0 Å². The number of benzene rings is 1. The number of amides is 2. The SMILES string of the molecule is CNC(=O)c1ccc(=O)n(CC(=O)NCc2ccccc2)c1. The summed E-state index contributed by atoms with van der Waals surface area (Å²) in [5.41, 5.74) is 0.975. The number of hydrogen-bond donors (Lipinski definition) is 2. The topological polar surface area (TPSA) is 80.2 Å². The Kier molecular flexibility index (Phi) is 5.08. The van der Waals surface area contributed by atoms with Crippen LogP contribution < -0.4 is 16.2 Å². The number of carbonyl (C=O) groups excluding carboxylic acids is 2. The highest BCUT2D eigenvalue weighted by atomic mass is 16.2. The second kappa shape index (κ2) is 7.21. The molecule has 22 heavy (non-hydrogen) atoms. The largest absolute Gasteiger partial charge is 0.355 e. The average Bonchev–Trinajstić information content (AvgIpc) is 2.55. The van der Waals surface area contributed by atoms with E-state index in [1.54, 1.807) is 0 Å². The highest BCUT2D eigenvalue weighted by Crippen LogP contribution is 1.98. The third-order valence-corrected chi connectivity index (χ3v) is 3.12. The number of aromatic nitrogens is 1. The molecule has 1 aromatic carbocycles. The molecule has 0 aliphatic rings. The number of rotatable bonds is 5. The summed E-state index contributed by atoms with van der Waals surface area (Å²) in [6.45, 7) is 0.264. The van der Waals surface area contributed by atoms with E-state index in [-0.39, 0.29) is 23.9 Å². The molecule has 1 heterocycles. The standard InChI is InChI=1S/C16H17N3O3/c1-17-16(22)13-7-8-15(21)19(10-13)11-14(20)18-9-12-5-3-2-4-6-12/h2-8,10H,9,11H2,1H3,(H,17,22)(H,18,20). The summed E-state index contributed by atoms with van der Waals surface area (Å²) in [4.78, 5) is 35.2. The molecule has 6 heteroatoms. The van der Waals surface area contributed by atoms with Gasteiger partial charge in [-0.1, -0.05) is 30.3 Å². The summed E-state index contributed by atoms with van der Waals surface area (Å²) in [6.07, 6.45) is 1.38. The van der Waals surface area contributed by atoms with Crippen molar-refractivity contribution in [2.24, 2.45) is 0 Å². The van der Waals surface area contributed by atoms with E-state index in [9.17, 15) is 14.4 Å². The molecule has 0 unspecified atom stereocenters. The highest BCUT2D eigenvalue weighted by Gasteiger charge is 2.08. The molecule has 0 saturated carbocycles. The zero-order valence-corrected chi connectivity index (χ0v) is 12.2. The summed E-state index contributed by atoms with van der Waals surface area (Å²) in [5, 5.41) is 5.21. The molecule has 1 aromatic heterocycles. The number of nitrogens with one attached hydrogen (secondary N) is 2. The first kappa shape index (κ1) is 15.5. The van der Waals surface area contributed by atoms with Crippen molar-refractivity contribution in [3.8, 4) is 0 Å². The van der Waals surface area contributed by atoms with E-state index in [2.05, 4.69) is 10.6 Å². The lowest BCUT2D eigenvalue weighted by Gasteiger charge is -2.09. The van der Waals surface area contributed by atoms with Crippen LogP contribution in [0.1, 0.15) is 15.9 Å². The van der Waals surface area contributed by atoms with Crippen LogP contribution in [0.25, 0.3) is 0 Å². The summed E-state index contributed by atoms with van der Waals surface area (Å²) in [7, 11) is 1.50. The van der Waals surface area contributed by atoms with Crippen molar-refractivity contribution >= 4 is 11.8 Å². The van der Waals surface area contributed by atoms with Crippen molar-refractivity contribution in [1.29, 1.82) is 0 Å². The third-order valence-electron chi connectivity index (χ3n) is 3.12. The summed E-state index contributed by atoms with van der Waals surface area (Å²) >= 11 is 0. The van der Waals surface area contributed by atoms with Gasteiger partial charge in [-0.05, 0) is 11.6 Å². The molecule has 6 nitrogen and oxygen atoms in total. The fourth-order valence-corrected chi connectivity index (χ4v) is 1.94. The molecule has 114 valence electrons. The van der Waals surface area contributed by atoms with Gasteiger partial charge in [-0.25, -0.2) is 0 Å². The van der Waals surface area contributed by atoms with Crippen molar-refractivity contribution in [2.45, 2.75) is 13.1 Å². The molecular formula is C16H17N3O3. The predicted octanol–water partition coefficient (Wildman–Crippen LogP) is 0.524.